The average Bonchev–Trinajstić information content (AvgIpc) is 2.04. The first-order chi connectivity index (χ1) is 6.02. The normalized spacial score (nSPS) is 14.7. The molecule has 0 aromatic carbocycles. The van der Waals surface area contributed by atoms with Crippen LogP contribution in [0.15, 0.2) is 0 Å². The molecule has 4 heteroatoms. The highest BCUT2D eigenvalue weighted by Crippen LogP contribution is 2.04. The predicted molar refractivity (Wildman–Crippen MR) is 58.5 cm³/mol. The van der Waals surface area contributed by atoms with Gasteiger partial charge in [0.05, 0.1) is 10.9 Å². The van der Waals surface area contributed by atoms with E-state index < -0.39 is 0 Å². The van der Waals surface area contributed by atoms with Gasteiger partial charge in [-0.25, -0.2) is 0 Å². The Balaban J connectivity index is 4.14. The number of rotatable bonds is 5. The van der Waals surface area contributed by atoms with Gasteiger partial charge in [-0.15, -0.1) is 0 Å². The van der Waals surface area contributed by atoms with Gasteiger partial charge in [-0.2, -0.15) is 0 Å². The molecule has 1 amide bonds. The van der Waals surface area contributed by atoms with Gasteiger partial charge in [0.15, 0.2) is 0 Å². The minimum atomic E-state index is -0.316. The second-order valence-corrected chi connectivity index (χ2v) is 3.65. The van der Waals surface area contributed by atoms with Crippen LogP contribution in [0.25, 0.3) is 0 Å². The maximum atomic E-state index is 11.5. The number of amides is 1. The number of carbonyl (C=O) groups is 1. The molecule has 0 aromatic heterocycles. The van der Waals surface area contributed by atoms with Gasteiger partial charge >= 0.3 is 0 Å². The number of hydrogen-bond acceptors (Lipinski definition) is 2. The van der Waals surface area contributed by atoms with Crippen molar-refractivity contribution >= 4 is 23.1 Å². The van der Waals surface area contributed by atoms with Gasteiger partial charge in [-0.1, -0.05) is 26.1 Å². The Bertz CT molecular complexity index is 194. The third-order valence-electron chi connectivity index (χ3n) is 2.07. The number of carbonyl (C=O) groups excluding carboxylic acids is 1. The lowest BCUT2D eigenvalue weighted by Crippen LogP contribution is -2.41. The highest BCUT2D eigenvalue weighted by atomic mass is 32.1. The molecule has 2 unspecified atom stereocenters. The molecule has 0 aromatic rings. The molecule has 76 valence electrons. The third kappa shape index (κ3) is 4.22. The van der Waals surface area contributed by atoms with E-state index in [0.29, 0.717) is 6.42 Å². The van der Waals surface area contributed by atoms with Crippen molar-refractivity contribution < 1.29 is 4.79 Å². The Morgan fingerprint density at radius 1 is 1.46 bits per heavy atom. The molecular weight excluding hydrogens is 184 g/mol. The van der Waals surface area contributed by atoms with Crippen molar-refractivity contribution in [3.05, 3.63) is 0 Å². The molecule has 3 nitrogen and oxygen atoms in total. The van der Waals surface area contributed by atoms with E-state index in [1.165, 1.54) is 0 Å². The fraction of sp³-hybridized carbons (Fsp3) is 0.778. The van der Waals surface area contributed by atoms with Crippen molar-refractivity contribution in [2.75, 3.05) is 0 Å². The molecule has 13 heavy (non-hydrogen) atoms. The summed E-state index contributed by atoms with van der Waals surface area (Å²) in [6.07, 6.45) is 1.58. The van der Waals surface area contributed by atoms with Crippen molar-refractivity contribution in [1.82, 2.24) is 5.32 Å². The highest BCUT2D eigenvalue weighted by Gasteiger charge is 2.19. The lowest BCUT2D eigenvalue weighted by Gasteiger charge is -2.17. The molecule has 3 N–H and O–H groups in total. The Kier molecular flexibility index (Phi) is 5.62. The quantitative estimate of drug-likeness (QED) is 0.659. The van der Waals surface area contributed by atoms with Crippen molar-refractivity contribution in [3.8, 4) is 0 Å². The van der Waals surface area contributed by atoms with Crippen molar-refractivity contribution in [2.24, 2.45) is 11.7 Å². The van der Waals surface area contributed by atoms with Gasteiger partial charge in [-0.05, 0) is 19.8 Å². The molecule has 0 aliphatic carbocycles. The van der Waals surface area contributed by atoms with E-state index in [1.807, 2.05) is 20.8 Å². The number of thiocarbonyl (C=S) groups is 1. The topological polar surface area (TPSA) is 55.1 Å². The van der Waals surface area contributed by atoms with Crippen LogP contribution in [0.3, 0.4) is 0 Å². The molecular formula is C9H18N2OS. The SMILES string of the molecule is CCC(C)NC(=O)C(CC)C(N)=S. The summed E-state index contributed by atoms with van der Waals surface area (Å²) in [7, 11) is 0. The van der Waals surface area contributed by atoms with Crippen LogP contribution in [0.4, 0.5) is 0 Å². The van der Waals surface area contributed by atoms with Gasteiger partial charge in [0.25, 0.3) is 0 Å². The molecule has 0 saturated carbocycles. The maximum absolute atomic E-state index is 11.5. The summed E-state index contributed by atoms with van der Waals surface area (Å²) in [5.41, 5.74) is 5.44. The summed E-state index contributed by atoms with van der Waals surface area (Å²) >= 11 is 4.80. The zero-order chi connectivity index (χ0) is 10.4. The molecule has 0 rings (SSSR count). The molecule has 0 spiro atoms. The lowest BCUT2D eigenvalue weighted by molar-refractivity contribution is -0.123. The van der Waals surface area contributed by atoms with Crippen LogP contribution in [0.5, 0.6) is 0 Å². The fourth-order valence-electron chi connectivity index (χ4n) is 0.961. The van der Waals surface area contributed by atoms with Gasteiger partial charge < -0.3 is 11.1 Å². The molecule has 0 fully saturated rings. The minimum absolute atomic E-state index is 0.0515. The van der Waals surface area contributed by atoms with Crippen LogP contribution in [-0.4, -0.2) is 16.9 Å². The largest absolute Gasteiger partial charge is 0.393 e. The highest BCUT2D eigenvalue weighted by molar-refractivity contribution is 7.80. The number of nitrogens with two attached hydrogens (primary N) is 1. The van der Waals surface area contributed by atoms with Crippen LogP contribution >= 0.6 is 12.2 Å². The molecule has 0 heterocycles. The number of nitrogens with one attached hydrogen (secondary N) is 1. The minimum Gasteiger partial charge on any atom is -0.393 e. The zero-order valence-electron chi connectivity index (χ0n) is 8.46. The van der Waals surface area contributed by atoms with E-state index in [9.17, 15) is 4.79 Å². The first kappa shape index (κ1) is 12.4. The van der Waals surface area contributed by atoms with Gasteiger partial charge in [0.2, 0.25) is 5.91 Å². The Morgan fingerprint density at radius 2 is 2.00 bits per heavy atom. The molecule has 0 aliphatic rings. The summed E-state index contributed by atoms with van der Waals surface area (Å²) in [4.78, 5) is 11.8. The van der Waals surface area contributed by atoms with Gasteiger partial charge in [-0.3, -0.25) is 4.79 Å². The molecule has 0 aliphatic heterocycles. The third-order valence-corrected chi connectivity index (χ3v) is 2.35. The summed E-state index contributed by atoms with van der Waals surface area (Å²) in [5.74, 6) is -0.367. The summed E-state index contributed by atoms with van der Waals surface area (Å²) < 4.78 is 0. The van der Waals surface area contributed by atoms with Crippen LogP contribution in [0.1, 0.15) is 33.6 Å². The smallest absolute Gasteiger partial charge is 0.230 e. The monoisotopic (exact) mass is 202 g/mol. The first-order valence-corrected chi connectivity index (χ1v) is 5.03. The van der Waals surface area contributed by atoms with Crippen molar-refractivity contribution in [1.29, 1.82) is 0 Å². The van der Waals surface area contributed by atoms with E-state index in [2.05, 4.69) is 5.32 Å². The second-order valence-electron chi connectivity index (χ2n) is 3.18. The summed E-state index contributed by atoms with van der Waals surface area (Å²) in [6.45, 7) is 5.89. The Hall–Kier alpha value is -0.640. The van der Waals surface area contributed by atoms with E-state index in [4.69, 9.17) is 18.0 Å². The number of hydrogen-bond donors (Lipinski definition) is 2. The van der Waals surface area contributed by atoms with Crippen molar-refractivity contribution in [2.45, 2.75) is 39.7 Å². The van der Waals surface area contributed by atoms with Crippen LogP contribution in [0, 0.1) is 5.92 Å². The van der Waals surface area contributed by atoms with E-state index in [-0.39, 0.29) is 22.9 Å². The van der Waals surface area contributed by atoms with E-state index >= 15 is 0 Å². The Morgan fingerprint density at radius 3 is 2.31 bits per heavy atom. The van der Waals surface area contributed by atoms with Crippen LogP contribution < -0.4 is 11.1 Å². The maximum Gasteiger partial charge on any atom is 0.230 e. The van der Waals surface area contributed by atoms with Crippen molar-refractivity contribution in [3.63, 3.8) is 0 Å². The van der Waals surface area contributed by atoms with Gasteiger partial charge in [0.1, 0.15) is 0 Å². The fourth-order valence-corrected chi connectivity index (χ4v) is 1.23. The average molecular weight is 202 g/mol. The van der Waals surface area contributed by atoms with Crippen LogP contribution in [-0.2, 0) is 4.79 Å². The van der Waals surface area contributed by atoms with Gasteiger partial charge in [0, 0.05) is 6.04 Å². The molecule has 0 saturated heterocycles. The van der Waals surface area contributed by atoms with Crippen LogP contribution in [0.2, 0.25) is 0 Å². The molecule has 0 radical (unpaired) electrons. The Labute approximate surface area is 85.1 Å². The first-order valence-electron chi connectivity index (χ1n) is 4.62. The summed E-state index contributed by atoms with van der Waals surface area (Å²) in [5, 5.41) is 2.86. The standard InChI is InChI=1S/C9H18N2OS/c1-4-6(3)11-9(12)7(5-2)8(10)13/h6-7H,4-5H2,1-3H3,(H2,10,13)(H,11,12). The molecule has 2 atom stereocenters. The second kappa shape index (κ2) is 5.91. The molecule has 0 bridgehead atoms. The lowest BCUT2D eigenvalue weighted by atomic mass is 10.1. The predicted octanol–water partition coefficient (Wildman–Crippen LogP) is 1.21. The summed E-state index contributed by atoms with van der Waals surface area (Å²) in [6, 6.07) is 0.191. The van der Waals surface area contributed by atoms with E-state index in [1.54, 1.807) is 0 Å². The zero-order valence-corrected chi connectivity index (χ0v) is 9.28. The van der Waals surface area contributed by atoms with E-state index in [0.717, 1.165) is 6.42 Å².